The molecule has 0 aliphatic heterocycles. The minimum absolute atomic E-state index is 0.164. The van der Waals surface area contributed by atoms with E-state index in [1.54, 1.807) is 42.8 Å². The van der Waals surface area contributed by atoms with E-state index in [9.17, 15) is 8.42 Å². The summed E-state index contributed by atoms with van der Waals surface area (Å²) in [7, 11) is -1.74. The highest BCUT2D eigenvalue weighted by atomic mass is 32.2. The molecule has 0 spiro atoms. The van der Waals surface area contributed by atoms with Crippen LogP contribution in [0.25, 0.3) is 0 Å². The highest BCUT2D eigenvalue weighted by molar-refractivity contribution is 7.89. The van der Waals surface area contributed by atoms with Crippen molar-refractivity contribution >= 4 is 21.4 Å². The van der Waals surface area contributed by atoms with Crippen molar-refractivity contribution in [2.24, 2.45) is 7.05 Å². The van der Waals surface area contributed by atoms with E-state index in [4.69, 9.17) is 0 Å². The lowest BCUT2D eigenvalue weighted by Crippen LogP contribution is -2.30. The summed E-state index contributed by atoms with van der Waals surface area (Å²) < 4.78 is 29.0. The Balaban J connectivity index is 2.40. The maximum Gasteiger partial charge on any atom is 0.242 e. The minimum Gasteiger partial charge on any atom is -0.352 e. The number of hydrogen-bond donors (Lipinski definition) is 2. The molecule has 0 aliphatic rings. The predicted octanol–water partition coefficient (Wildman–Crippen LogP) is 2.16. The summed E-state index contributed by atoms with van der Waals surface area (Å²) in [4.78, 5) is 0.224. The zero-order chi connectivity index (χ0) is 15.6. The zero-order valence-corrected chi connectivity index (χ0v) is 13.4. The van der Waals surface area contributed by atoms with Crippen molar-refractivity contribution < 1.29 is 8.42 Å². The third-order valence-electron chi connectivity index (χ3n) is 2.85. The number of hydrogen-bond acceptors (Lipinski definition) is 4. The van der Waals surface area contributed by atoms with Crippen LogP contribution in [0.15, 0.2) is 35.4 Å². The molecule has 1 heterocycles. The largest absolute Gasteiger partial charge is 0.352 e. The van der Waals surface area contributed by atoms with Gasteiger partial charge in [-0.15, -0.1) is 0 Å². The van der Waals surface area contributed by atoms with Gasteiger partial charge in [0, 0.05) is 19.3 Å². The van der Waals surface area contributed by atoms with E-state index in [-0.39, 0.29) is 10.9 Å². The van der Waals surface area contributed by atoms with E-state index in [0.29, 0.717) is 5.69 Å². The molecule has 0 atom stereocenters. The molecule has 6 nitrogen and oxygen atoms in total. The second-order valence-electron chi connectivity index (χ2n) is 5.20. The molecule has 0 radical (unpaired) electrons. The van der Waals surface area contributed by atoms with Crippen LogP contribution >= 0.6 is 0 Å². The first-order chi connectivity index (χ1) is 9.79. The van der Waals surface area contributed by atoms with Crippen LogP contribution in [0.5, 0.6) is 0 Å². The summed E-state index contributed by atoms with van der Waals surface area (Å²) in [6.45, 7) is 5.45. The van der Waals surface area contributed by atoms with Crippen LogP contribution in [0.3, 0.4) is 0 Å². The first-order valence-corrected chi connectivity index (χ1v) is 8.16. The van der Waals surface area contributed by atoms with Crippen molar-refractivity contribution in [1.82, 2.24) is 14.5 Å². The van der Waals surface area contributed by atoms with Gasteiger partial charge in [-0.3, -0.25) is 4.68 Å². The maximum atomic E-state index is 12.4. The molecule has 1 aromatic carbocycles. The number of anilines is 2. The van der Waals surface area contributed by atoms with Gasteiger partial charge in [-0.25, -0.2) is 13.1 Å². The number of aryl methyl sites for hydroxylation is 2. The van der Waals surface area contributed by atoms with Crippen molar-refractivity contribution in [1.29, 1.82) is 0 Å². The molecule has 0 amide bonds. The van der Waals surface area contributed by atoms with Gasteiger partial charge in [-0.1, -0.05) is 12.1 Å². The molecule has 0 unspecified atom stereocenters. The number of benzene rings is 1. The average molecular weight is 308 g/mol. The summed E-state index contributed by atoms with van der Waals surface area (Å²) in [6.07, 6.45) is 1.81. The average Bonchev–Trinajstić information content (AvgIpc) is 2.66. The van der Waals surface area contributed by atoms with Crippen molar-refractivity contribution in [3.8, 4) is 0 Å². The number of rotatable bonds is 5. The summed E-state index contributed by atoms with van der Waals surface area (Å²) in [5, 5.41) is 7.38. The molecule has 2 N–H and O–H groups in total. The highest BCUT2D eigenvalue weighted by Gasteiger charge is 2.19. The molecule has 7 heteroatoms. The molecule has 0 saturated carbocycles. The topological polar surface area (TPSA) is 76.0 Å². The molecule has 0 saturated heterocycles. The van der Waals surface area contributed by atoms with Gasteiger partial charge in [-0.2, -0.15) is 5.10 Å². The minimum atomic E-state index is -3.56. The van der Waals surface area contributed by atoms with Crippen molar-refractivity contribution in [2.75, 3.05) is 5.32 Å². The van der Waals surface area contributed by atoms with Crippen LogP contribution in [-0.2, 0) is 17.1 Å². The monoisotopic (exact) mass is 308 g/mol. The van der Waals surface area contributed by atoms with Crippen LogP contribution in [0.2, 0.25) is 0 Å². The zero-order valence-electron chi connectivity index (χ0n) is 12.6. The lowest BCUT2D eigenvalue weighted by Gasteiger charge is -2.14. The molecular formula is C14H20N4O2S. The van der Waals surface area contributed by atoms with E-state index in [0.717, 1.165) is 11.4 Å². The first kappa shape index (κ1) is 15.5. The van der Waals surface area contributed by atoms with Gasteiger partial charge in [0.15, 0.2) is 0 Å². The van der Waals surface area contributed by atoms with Gasteiger partial charge in [0.05, 0.1) is 17.1 Å². The van der Waals surface area contributed by atoms with Crippen LogP contribution in [0, 0.1) is 6.92 Å². The van der Waals surface area contributed by atoms with Gasteiger partial charge in [0.1, 0.15) is 4.90 Å². The molecule has 0 aliphatic carbocycles. The molecule has 2 aromatic rings. The summed E-state index contributed by atoms with van der Waals surface area (Å²) in [6, 6.07) is 6.65. The molecule has 0 bridgehead atoms. The number of para-hydroxylation sites is 1. The second-order valence-corrected chi connectivity index (χ2v) is 6.88. The fourth-order valence-corrected chi connectivity index (χ4v) is 3.46. The molecule has 1 aromatic heterocycles. The number of nitrogens with one attached hydrogen (secondary N) is 2. The maximum absolute atomic E-state index is 12.4. The van der Waals surface area contributed by atoms with Gasteiger partial charge < -0.3 is 5.32 Å². The number of nitrogens with zero attached hydrogens (tertiary/aromatic N) is 2. The van der Waals surface area contributed by atoms with Crippen molar-refractivity contribution in [3.63, 3.8) is 0 Å². The van der Waals surface area contributed by atoms with Gasteiger partial charge in [-0.05, 0) is 32.9 Å². The Morgan fingerprint density at radius 2 is 1.86 bits per heavy atom. The number of aromatic nitrogens is 2. The normalized spacial score (nSPS) is 11.9. The lowest BCUT2D eigenvalue weighted by molar-refractivity contribution is 0.570. The van der Waals surface area contributed by atoms with Crippen LogP contribution < -0.4 is 10.0 Å². The van der Waals surface area contributed by atoms with E-state index in [1.807, 2.05) is 20.2 Å². The SMILES string of the molecule is Cc1nn(C)cc1Nc1ccccc1S(=O)(=O)NC(C)C. The van der Waals surface area contributed by atoms with Gasteiger partial charge in [0.25, 0.3) is 0 Å². The predicted molar refractivity (Wildman–Crippen MR) is 83.1 cm³/mol. The van der Waals surface area contributed by atoms with Gasteiger partial charge in [0.2, 0.25) is 10.0 Å². The Bertz CT molecular complexity index is 735. The fraction of sp³-hybridized carbons (Fsp3) is 0.357. The van der Waals surface area contributed by atoms with Gasteiger partial charge >= 0.3 is 0 Å². The Morgan fingerprint density at radius 3 is 2.43 bits per heavy atom. The standard InChI is InChI=1S/C14H20N4O2S/c1-10(2)17-21(19,20)14-8-6-5-7-12(14)15-13-9-18(4)16-11(13)3/h5-10,15,17H,1-4H3. The van der Waals surface area contributed by atoms with Crippen LogP contribution in [0.1, 0.15) is 19.5 Å². The number of sulfonamides is 1. The van der Waals surface area contributed by atoms with E-state index >= 15 is 0 Å². The quantitative estimate of drug-likeness (QED) is 0.887. The molecule has 21 heavy (non-hydrogen) atoms. The highest BCUT2D eigenvalue weighted by Crippen LogP contribution is 2.26. The van der Waals surface area contributed by atoms with Crippen molar-refractivity contribution in [2.45, 2.75) is 31.7 Å². The second kappa shape index (κ2) is 5.87. The molecule has 2 rings (SSSR count). The van der Waals surface area contributed by atoms with E-state index in [2.05, 4.69) is 15.1 Å². The molecule has 114 valence electrons. The third-order valence-corrected chi connectivity index (χ3v) is 4.57. The Labute approximate surface area is 125 Å². The van der Waals surface area contributed by atoms with Crippen LogP contribution in [-0.4, -0.2) is 24.2 Å². The molecule has 0 fully saturated rings. The lowest BCUT2D eigenvalue weighted by atomic mass is 10.3. The Morgan fingerprint density at radius 1 is 1.19 bits per heavy atom. The third kappa shape index (κ3) is 3.62. The van der Waals surface area contributed by atoms with E-state index < -0.39 is 10.0 Å². The van der Waals surface area contributed by atoms with E-state index in [1.165, 1.54) is 0 Å². The summed E-state index contributed by atoms with van der Waals surface area (Å²) >= 11 is 0. The Hall–Kier alpha value is -1.86. The summed E-state index contributed by atoms with van der Waals surface area (Å²) in [5.74, 6) is 0. The first-order valence-electron chi connectivity index (χ1n) is 6.68. The smallest absolute Gasteiger partial charge is 0.242 e. The molecular weight excluding hydrogens is 288 g/mol. The summed E-state index contributed by atoms with van der Waals surface area (Å²) in [5.41, 5.74) is 2.12. The van der Waals surface area contributed by atoms with Crippen LogP contribution in [0.4, 0.5) is 11.4 Å². The fourth-order valence-electron chi connectivity index (χ4n) is 2.05. The Kier molecular flexibility index (Phi) is 4.34. The van der Waals surface area contributed by atoms with Crippen molar-refractivity contribution in [3.05, 3.63) is 36.2 Å².